The highest BCUT2D eigenvalue weighted by atomic mass is 79.9. The van der Waals surface area contributed by atoms with Crippen molar-refractivity contribution in [1.29, 1.82) is 0 Å². The Bertz CT molecular complexity index is 827. The Balaban J connectivity index is 1.94. The van der Waals surface area contributed by atoms with Gasteiger partial charge in [-0.15, -0.1) is 13.2 Å². The van der Waals surface area contributed by atoms with Crippen molar-refractivity contribution in [2.45, 2.75) is 74.6 Å². The van der Waals surface area contributed by atoms with Gasteiger partial charge in [0.15, 0.2) is 0 Å². The number of amides is 2. The number of nitrogens with zero attached hydrogens (tertiary/aromatic N) is 2. The summed E-state index contributed by atoms with van der Waals surface area (Å²) < 4.78 is 12.0. The van der Waals surface area contributed by atoms with Crippen LogP contribution in [0.1, 0.15) is 46.5 Å². The summed E-state index contributed by atoms with van der Waals surface area (Å²) in [7, 11) is 0. The number of carbonyl (C=O) groups excluding carboxylic acids is 3. The monoisotopic (exact) mass is 540 g/mol. The number of carbonyl (C=O) groups is 3. The molecule has 3 heterocycles. The van der Waals surface area contributed by atoms with Gasteiger partial charge >= 0.3 is 5.97 Å². The van der Waals surface area contributed by atoms with Crippen LogP contribution in [0.2, 0.25) is 0 Å². The molecule has 6 atom stereocenters. The number of fused-ring (bicyclic) bond motifs is 1. The molecule has 34 heavy (non-hydrogen) atoms. The first-order valence-corrected chi connectivity index (χ1v) is 12.9. The average Bonchev–Trinajstić information content (AvgIpc) is 3.35. The van der Waals surface area contributed by atoms with Gasteiger partial charge in [0.2, 0.25) is 11.8 Å². The molecule has 1 N–H and O–H groups in total. The van der Waals surface area contributed by atoms with Gasteiger partial charge in [0, 0.05) is 23.5 Å². The van der Waals surface area contributed by atoms with Gasteiger partial charge in [-0.3, -0.25) is 14.4 Å². The lowest BCUT2D eigenvalue weighted by Crippen LogP contribution is -2.60. The van der Waals surface area contributed by atoms with Gasteiger partial charge in [-0.05, 0) is 46.5 Å². The number of rotatable bonds is 11. The van der Waals surface area contributed by atoms with Crippen LogP contribution in [0.25, 0.3) is 0 Å². The summed E-state index contributed by atoms with van der Waals surface area (Å²) in [5, 5.41) is 9.71. The summed E-state index contributed by atoms with van der Waals surface area (Å²) in [4.78, 5) is 43.7. The lowest BCUT2D eigenvalue weighted by molar-refractivity contribution is -0.156. The fraction of sp³-hybridized carbons (Fsp3) is 0.720. The first kappa shape index (κ1) is 26.9. The normalized spacial score (nSPS) is 32.0. The number of β-amino-alcohol motifs (C(OH)–C–C–N with tert-alkyl or cyclic N) is 1. The molecule has 9 heteroatoms. The fourth-order valence-corrected chi connectivity index (χ4v) is 6.60. The molecule has 0 aromatic heterocycles. The van der Waals surface area contributed by atoms with Gasteiger partial charge in [0.05, 0.1) is 31.2 Å². The second-order valence-electron chi connectivity index (χ2n) is 10.3. The summed E-state index contributed by atoms with van der Waals surface area (Å²) in [6.45, 7) is 13.5. The predicted molar refractivity (Wildman–Crippen MR) is 131 cm³/mol. The van der Waals surface area contributed by atoms with Crippen LogP contribution in [-0.4, -0.2) is 87.1 Å². The summed E-state index contributed by atoms with van der Waals surface area (Å²) in [6.07, 6.45) is 5.75. The molecule has 0 radical (unpaired) electrons. The zero-order valence-corrected chi connectivity index (χ0v) is 22.0. The standard InChI is InChI=1S/C25H37BrN2O6/c1-6-8-9-10-14-33-23(32)17-18-21(30)27(12-13-29)20(25(18)15-16(26)19(17)34-25)22(31)28(11-7-2)24(3,4)5/h6-7,16-20,29H,1-2,8-15H2,3-5H3/t16?,17-,18-,19-,20?,25?/m0/s1. The summed E-state index contributed by atoms with van der Waals surface area (Å²) in [5.41, 5.74) is -1.68. The number of hydrogen-bond acceptors (Lipinski definition) is 6. The van der Waals surface area contributed by atoms with E-state index in [0.29, 0.717) is 19.4 Å². The lowest BCUT2D eigenvalue weighted by Gasteiger charge is -2.42. The van der Waals surface area contributed by atoms with Crippen molar-refractivity contribution in [2.24, 2.45) is 11.8 Å². The van der Waals surface area contributed by atoms with Crippen molar-refractivity contribution >= 4 is 33.7 Å². The zero-order chi connectivity index (χ0) is 25.3. The van der Waals surface area contributed by atoms with Crippen LogP contribution in [0.4, 0.5) is 0 Å². The van der Waals surface area contributed by atoms with Crippen LogP contribution >= 0.6 is 15.9 Å². The summed E-state index contributed by atoms with van der Waals surface area (Å²) in [6, 6.07) is -0.938. The van der Waals surface area contributed by atoms with Crippen LogP contribution in [0.3, 0.4) is 0 Å². The number of unbranched alkanes of at least 4 members (excludes halogenated alkanes) is 2. The third kappa shape index (κ3) is 4.58. The highest BCUT2D eigenvalue weighted by Crippen LogP contribution is 2.60. The number of allylic oxidation sites excluding steroid dienone is 1. The van der Waals surface area contributed by atoms with E-state index >= 15 is 0 Å². The van der Waals surface area contributed by atoms with Crippen LogP contribution in [0.15, 0.2) is 25.3 Å². The van der Waals surface area contributed by atoms with E-state index < -0.39 is 41.1 Å². The molecular formula is C25H37BrN2O6. The van der Waals surface area contributed by atoms with Crippen molar-refractivity contribution < 1.29 is 29.0 Å². The van der Waals surface area contributed by atoms with Crippen LogP contribution in [-0.2, 0) is 23.9 Å². The van der Waals surface area contributed by atoms with E-state index in [-0.39, 0.29) is 36.4 Å². The van der Waals surface area contributed by atoms with E-state index in [1.54, 1.807) is 11.0 Å². The average molecular weight is 541 g/mol. The number of halogens is 1. The molecular weight excluding hydrogens is 504 g/mol. The highest BCUT2D eigenvalue weighted by molar-refractivity contribution is 9.09. The lowest BCUT2D eigenvalue weighted by atomic mass is 9.70. The number of likely N-dealkylation sites (tertiary alicyclic amines) is 1. The molecule has 2 bridgehead atoms. The number of aliphatic hydroxyl groups is 1. The van der Waals surface area contributed by atoms with E-state index in [1.807, 2.05) is 26.8 Å². The van der Waals surface area contributed by atoms with E-state index in [0.717, 1.165) is 12.8 Å². The van der Waals surface area contributed by atoms with Crippen LogP contribution in [0.5, 0.6) is 0 Å². The molecule has 0 aromatic carbocycles. The molecule has 3 aliphatic heterocycles. The Morgan fingerprint density at radius 2 is 2.03 bits per heavy atom. The van der Waals surface area contributed by atoms with Crippen molar-refractivity contribution in [3.05, 3.63) is 25.3 Å². The predicted octanol–water partition coefficient (Wildman–Crippen LogP) is 2.44. The SMILES string of the molecule is C=CCCCCOC(=O)[C@H]1[C@H]2C(=O)N(CCO)C(C(=O)N(CC=C)C(C)(C)C)C23CC(Br)[C@@H]1O3. The van der Waals surface area contributed by atoms with Crippen LogP contribution in [0, 0.1) is 11.8 Å². The van der Waals surface area contributed by atoms with Crippen molar-refractivity contribution in [2.75, 3.05) is 26.3 Å². The first-order chi connectivity index (χ1) is 16.0. The van der Waals surface area contributed by atoms with E-state index in [9.17, 15) is 19.5 Å². The number of esters is 1. The molecule has 2 amide bonds. The minimum absolute atomic E-state index is 0.0101. The van der Waals surface area contributed by atoms with Gasteiger partial charge in [0.25, 0.3) is 0 Å². The molecule has 3 fully saturated rings. The van der Waals surface area contributed by atoms with Crippen molar-refractivity contribution in [1.82, 2.24) is 9.80 Å². The molecule has 3 unspecified atom stereocenters. The third-order valence-electron chi connectivity index (χ3n) is 7.07. The molecule has 1 spiro atoms. The highest BCUT2D eigenvalue weighted by Gasteiger charge is 2.77. The number of ether oxygens (including phenoxy) is 2. The van der Waals surface area contributed by atoms with Crippen molar-refractivity contribution in [3.63, 3.8) is 0 Å². The fourth-order valence-electron chi connectivity index (χ4n) is 5.66. The van der Waals surface area contributed by atoms with Crippen molar-refractivity contribution in [3.8, 4) is 0 Å². The van der Waals surface area contributed by atoms with Crippen LogP contribution < -0.4 is 0 Å². The number of aliphatic hydroxyl groups excluding tert-OH is 1. The van der Waals surface area contributed by atoms with E-state index in [1.165, 1.54) is 4.90 Å². The maximum Gasteiger partial charge on any atom is 0.312 e. The van der Waals surface area contributed by atoms with Gasteiger partial charge in [0.1, 0.15) is 11.6 Å². The zero-order valence-electron chi connectivity index (χ0n) is 20.4. The molecule has 3 rings (SSSR count). The summed E-state index contributed by atoms with van der Waals surface area (Å²) in [5.74, 6) is -2.70. The number of hydrogen-bond donors (Lipinski definition) is 1. The van der Waals surface area contributed by atoms with Gasteiger partial charge in [-0.2, -0.15) is 0 Å². The topological polar surface area (TPSA) is 96.4 Å². The smallest absolute Gasteiger partial charge is 0.312 e. The minimum Gasteiger partial charge on any atom is -0.465 e. The Kier molecular flexibility index (Phi) is 8.30. The second kappa shape index (κ2) is 10.5. The van der Waals surface area contributed by atoms with E-state index in [2.05, 4.69) is 29.1 Å². The quantitative estimate of drug-likeness (QED) is 0.187. The third-order valence-corrected chi connectivity index (χ3v) is 7.92. The molecule has 0 aliphatic carbocycles. The Morgan fingerprint density at radius 1 is 1.32 bits per heavy atom. The molecule has 0 saturated carbocycles. The Labute approximate surface area is 210 Å². The van der Waals surface area contributed by atoms with Gasteiger partial charge in [-0.25, -0.2) is 0 Å². The Hall–Kier alpha value is -1.71. The molecule has 0 aromatic rings. The molecule has 3 aliphatic rings. The van der Waals surface area contributed by atoms with Gasteiger partial charge in [-0.1, -0.05) is 28.1 Å². The molecule has 3 saturated heterocycles. The largest absolute Gasteiger partial charge is 0.465 e. The maximum atomic E-state index is 14.0. The van der Waals surface area contributed by atoms with E-state index in [4.69, 9.17) is 9.47 Å². The first-order valence-electron chi connectivity index (χ1n) is 12.0. The second-order valence-corrected chi connectivity index (χ2v) is 11.5. The maximum absolute atomic E-state index is 14.0. The summed E-state index contributed by atoms with van der Waals surface area (Å²) >= 11 is 3.64. The minimum atomic E-state index is -1.15. The molecule has 8 nitrogen and oxygen atoms in total. The number of alkyl halides is 1. The van der Waals surface area contributed by atoms with Gasteiger partial charge < -0.3 is 24.4 Å². The molecule has 190 valence electrons. The Morgan fingerprint density at radius 3 is 2.62 bits per heavy atom.